The van der Waals surface area contributed by atoms with Crippen molar-refractivity contribution >= 4 is 34.8 Å². The fraction of sp³-hybridized carbons (Fsp3) is 0.0556. The number of carbonyl (C=O) groups is 1. The largest absolute Gasteiger partial charge is 0.339 e. The first-order valence-corrected chi connectivity index (χ1v) is 7.73. The summed E-state index contributed by atoms with van der Waals surface area (Å²) in [4.78, 5) is 12.2. The SMILES string of the molecule is Cc1ccc(Nc2ccc(NC(=O)c3ccccc3Cl)nn2)cc1. The van der Waals surface area contributed by atoms with Crippen molar-refractivity contribution in [3.8, 4) is 0 Å². The lowest BCUT2D eigenvalue weighted by atomic mass is 10.2. The third kappa shape index (κ3) is 3.88. The molecule has 0 bridgehead atoms. The van der Waals surface area contributed by atoms with E-state index in [0.29, 0.717) is 22.2 Å². The molecule has 0 spiro atoms. The number of aromatic nitrogens is 2. The third-order valence-electron chi connectivity index (χ3n) is 3.35. The van der Waals surface area contributed by atoms with Crippen LogP contribution >= 0.6 is 11.6 Å². The van der Waals surface area contributed by atoms with Crippen LogP contribution in [-0.4, -0.2) is 16.1 Å². The number of halogens is 1. The van der Waals surface area contributed by atoms with Crippen molar-refractivity contribution in [1.82, 2.24) is 10.2 Å². The number of anilines is 3. The predicted molar refractivity (Wildman–Crippen MR) is 95.9 cm³/mol. The van der Waals surface area contributed by atoms with Crippen LogP contribution in [0.1, 0.15) is 15.9 Å². The molecule has 5 nitrogen and oxygen atoms in total. The van der Waals surface area contributed by atoms with Gasteiger partial charge in [0.05, 0.1) is 10.6 Å². The van der Waals surface area contributed by atoms with E-state index in [-0.39, 0.29) is 5.91 Å². The maximum Gasteiger partial charge on any atom is 0.258 e. The van der Waals surface area contributed by atoms with Gasteiger partial charge in [0.15, 0.2) is 11.6 Å². The van der Waals surface area contributed by atoms with Gasteiger partial charge in [-0.05, 0) is 43.3 Å². The van der Waals surface area contributed by atoms with E-state index in [0.717, 1.165) is 5.69 Å². The first kappa shape index (κ1) is 16.0. The van der Waals surface area contributed by atoms with E-state index in [2.05, 4.69) is 20.8 Å². The molecule has 0 saturated carbocycles. The Morgan fingerprint density at radius 1 is 0.917 bits per heavy atom. The van der Waals surface area contributed by atoms with Gasteiger partial charge in [-0.3, -0.25) is 4.79 Å². The number of rotatable bonds is 4. The van der Waals surface area contributed by atoms with Crippen molar-refractivity contribution in [2.45, 2.75) is 6.92 Å². The van der Waals surface area contributed by atoms with Crippen molar-refractivity contribution < 1.29 is 4.79 Å². The maximum atomic E-state index is 12.2. The highest BCUT2D eigenvalue weighted by Gasteiger charge is 2.10. The van der Waals surface area contributed by atoms with Crippen LogP contribution in [0.3, 0.4) is 0 Å². The minimum absolute atomic E-state index is 0.325. The molecule has 0 aliphatic heterocycles. The zero-order chi connectivity index (χ0) is 16.9. The summed E-state index contributed by atoms with van der Waals surface area (Å²) in [6.07, 6.45) is 0. The molecule has 2 aromatic carbocycles. The zero-order valence-electron chi connectivity index (χ0n) is 13.0. The molecule has 120 valence electrons. The van der Waals surface area contributed by atoms with Crippen LogP contribution in [0.2, 0.25) is 5.02 Å². The van der Waals surface area contributed by atoms with Crippen LogP contribution in [0.15, 0.2) is 60.7 Å². The van der Waals surface area contributed by atoms with Crippen LogP contribution < -0.4 is 10.6 Å². The van der Waals surface area contributed by atoms with Gasteiger partial charge < -0.3 is 10.6 Å². The molecule has 3 rings (SSSR count). The van der Waals surface area contributed by atoms with E-state index in [1.54, 1.807) is 36.4 Å². The summed E-state index contributed by atoms with van der Waals surface area (Å²) < 4.78 is 0. The van der Waals surface area contributed by atoms with E-state index in [4.69, 9.17) is 11.6 Å². The van der Waals surface area contributed by atoms with E-state index in [1.165, 1.54) is 5.56 Å². The van der Waals surface area contributed by atoms with Gasteiger partial charge in [-0.2, -0.15) is 0 Å². The number of aryl methyl sites for hydroxylation is 1. The summed E-state index contributed by atoms with van der Waals surface area (Å²) in [5.74, 6) is 0.623. The Hall–Kier alpha value is -2.92. The van der Waals surface area contributed by atoms with E-state index in [1.807, 2.05) is 31.2 Å². The Morgan fingerprint density at radius 3 is 2.25 bits per heavy atom. The van der Waals surface area contributed by atoms with Crippen molar-refractivity contribution in [3.63, 3.8) is 0 Å². The molecule has 3 aromatic rings. The van der Waals surface area contributed by atoms with E-state index < -0.39 is 0 Å². The molecule has 0 saturated heterocycles. The summed E-state index contributed by atoms with van der Waals surface area (Å²) in [5, 5.41) is 14.3. The number of nitrogens with one attached hydrogen (secondary N) is 2. The van der Waals surface area contributed by atoms with Crippen LogP contribution in [0.4, 0.5) is 17.3 Å². The minimum Gasteiger partial charge on any atom is -0.339 e. The van der Waals surface area contributed by atoms with Crippen LogP contribution in [0, 0.1) is 6.92 Å². The van der Waals surface area contributed by atoms with Gasteiger partial charge in [0, 0.05) is 5.69 Å². The highest BCUT2D eigenvalue weighted by Crippen LogP contribution is 2.18. The van der Waals surface area contributed by atoms with Crippen molar-refractivity contribution in [2.24, 2.45) is 0 Å². The molecular formula is C18H15ClN4O. The number of carbonyl (C=O) groups excluding carboxylic acids is 1. The first-order valence-electron chi connectivity index (χ1n) is 7.35. The topological polar surface area (TPSA) is 66.9 Å². The van der Waals surface area contributed by atoms with Crippen LogP contribution in [0.25, 0.3) is 0 Å². The van der Waals surface area contributed by atoms with Gasteiger partial charge >= 0.3 is 0 Å². The fourth-order valence-electron chi connectivity index (χ4n) is 2.08. The summed E-state index contributed by atoms with van der Waals surface area (Å²) in [6.45, 7) is 2.03. The molecule has 0 aliphatic carbocycles. The van der Waals surface area contributed by atoms with Gasteiger partial charge in [0.2, 0.25) is 0 Å². The Labute approximate surface area is 144 Å². The Bertz CT molecular complexity index is 848. The highest BCUT2D eigenvalue weighted by molar-refractivity contribution is 6.34. The van der Waals surface area contributed by atoms with Gasteiger partial charge in [0.1, 0.15) is 0 Å². The minimum atomic E-state index is -0.325. The Balaban J connectivity index is 1.67. The quantitative estimate of drug-likeness (QED) is 0.738. The lowest BCUT2D eigenvalue weighted by molar-refractivity contribution is 0.102. The molecule has 1 amide bonds. The molecule has 2 N–H and O–H groups in total. The number of amides is 1. The second-order valence-electron chi connectivity index (χ2n) is 5.23. The number of hydrogen-bond donors (Lipinski definition) is 2. The molecule has 0 fully saturated rings. The first-order chi connectivity index (χ1) is 11.6. The standard InChI is InChI=1S/C18H15ClN4O/c1-12-6-8-13(9-7-12)20-16-10-11-17(23-22-16)21-18(24)14-4-2-3-5-15(14)19/h2-11H,1H3,(H,20,22)(H,21,23,24). The van der Waals surface area contributed by atoms with E-state index in [9.17, 15) is 4.79 Å². The fourth-order valence-corrected chi connectivity index (χ4v) is 2.30. The molecule has 1 heterocycles. The average Bonchev–Trinajstić information content (AvgIpc) is 2.59. The maximum absolute atomic E-state index is 12.2. The van der Waals surface area contributed by atoms with Crippen molar-refractivity contribution in [3.05, 3.63) is 76.8 Å². The van der Waals surface area contributed by atoms with Gasteiger partial charge in [0.25, 0.3) is 5.91 Å². The Kier molecular flexibility index (Phi) is 4.72. The summed E-state index contributed by atoms with van der Waals surface area (Å²) in [5.41, 5.74) is 2.50. The lowest BCUT2D eigenvalue weighted by Gasteiger charge is -2.07. The van der Waals surface area contributed by atoms with Crippen LogP contribution in [0.5, 0.6) is 0 Å². The molecule has 6 heteroatoms. The normalized spacial score (nSPS) is 10.2. The molecule has 1 aromatic heterocycles. The molecule has 0 unspecified atom stereocenters. The summed E-state index contributed by atoms with van der Waals surface area (Å²) in [6, 6.07) is 18.2. The smallest absolute Gasteiger partial charge is 0.258 e. The summed E-state index contributed by atoms with van der Waals surface area (Å²) in [7, 11) is 0. The Morgan fingerprint density at radius 2 is 1.58 bits per heavy atom. The van der Waals surface area contributed by atoms with Gasteiger partial charge in [-0.1, -0.05) is 41.4 Å². The summed E-state index contributed by atoms with van der Waals surface area (Å²) >= 11 is 6.01. The zero-order valence-corrected chi connectivity index (χ0v) is 13.7. The van der Waals surface area contributed by atoms with Gasteiger partial charge in [-0.25, -0.2) is 0 Å². The second-order valence-corrected chi connectivity index (χ2v) is 5.64. The number of nitrogens with zero attached hydrogens (tertiary/aromatic N) is 2. The van der Waals surface area contributed by atoms with Crippen molar-refractivity contribution in [1.29, 1.82) is 0 Å². The predicted octanol–water partition coefficient (Wildman–Crippen LogP) is 4.43. The number of benzene rings is 2. The lowest BCUT2D eigenvalue weighted by Crippen LogP contribution is -2.14. The third-order valence-corrected chi connectivity index (χ3v) is 3.68. The second kappa shape index (κ2) is 7.10. The number of hydrogen-bond acceptors (Lipinski definition) is 4. The molecule has 0 atom stereocenters. The van der Waals surface area contributed by atoms with Gasteiger partial charge in [-0.15, -0.1) is 10.2 Å². The van der Waals surface area contributed by atoms with Crippen LogP contribution in [-0.2, 0) is 0 Å². The molecular weight excluding hydrogens is 324 g/mol. The van der Waals surface area contributed by atoms with E-state index >= 15 is 0 Å². The molecule has 0 radical (unpaired) electrons. The van der Waals surface area contributed by atoms with Crippen molar-refractivity contribution in [2.75, 3.05) is 10.6 Å². The highest BCUT2D eigenvalue weighted by atomic mass is 35.5. The average molecular weight is 339 g/mol. The monoisotopic (exact) mass is 338 g/mol. The molecule has 24 heavy (non-hydrogen) atoms. The molecule has 0 aliphatic rings.